The summed E-state index contributed by atoms with van der Waals surface area (Å²) in [6.07, 6.45) is 3.94. The predicted molar refractivity (Wildman–Crippen MR) is 71.2 cm³/mol. The molecular weight excluding hydrogens is 228 g/mol. The zero-order valence-electron chi connectivity index (χ0n) is 11.3. The molecule has 0 aliphatic carbocycles. The van der Waals surface area contributed by atoms with Crippen LogP contribution in [-0.2, 0) is 6.54 Å². The largest absolute Gasteiger partial charge is 0.478 e. The molecule has 2 rings (SSSR count). The summed E-state index contributed by atoms with van der Waals surface area (Å²) in [4.78, 5) is 13.5. The van der Waals surface area contributed by atoms with E-state index in [1.54, 1.807) is 6.07 Å². The fourth-order valence-corrected chi connectivity index (χ4v) is 2.79. The van der Waals surface area contributed by atoms with E-state index in [4.69, 9.17) is 5.11 Å². The first kappa shape index (κ1) is 13.1. The minimum atomic E-state index is -0.827. The summed E-state index contributed by atoms with van der Waals surface area (Å²) < 4.78 is 2.12. The lowest BCUT2D eigenvalue weighted by molar-refractivity contribution is 0.0696. The zero-order chi connectivity index (χ0) is 13.1. The molecule has 0 aromatic carbocycles. The second-order valence-electron chi connectivity index (χ2n) is 5.14. The van der Waals surface area contributed by atoms with Crippen molar-refractivity contribution < 1.29 is 9.90 Å². The molecule has 100 valence electrons. The van der Waals surface area contributed by atoms with Gasteiger partial charge in [0.1, 0.15) is 0 Å². The number of piperidine rings is 1. The van der Waals surface area contributed by atoms with Gasteiger partial charge in [-0.15, -0.1) is 0 Å². The first-order valence-corrected chi connectivity index (χ1v) is 6.72. The van der Waals surface area contributed by atoms with Gasteiger partial charge in [0.2, 0.25) is 0 Å². The Labute approximate surface area is 108 Å². The van der Waals surface area contributed by atoms with Gasteiger partial charge in [-0.2, -0.15) is 0 Å². The molecule has 0 atom stereocenters. The van der Waals surface area contributed by atoms with Crippen LogP contribution < -0.4 is 0 Å². The van der Waals surface area contributed by atoms with Gasteiger partial charge in [-0.1, -0.05) is 6.42 Å². The van der Waals surface area contributed by atoms with Crippen LogP contribution in [0, 0.1) is 13.8 Å². The lowest BCUT2D eigenvalue weighted by atomic mass is 10.1. The highest BCUT2D eigenvalue weighted by Gasteiger charge is 2.15. The summed E-state index contributed by atoms with van der Waals surface area (Å²) in [5, 5.41) is 9.10. The molecule has 1 aliphatic heterocycles. The van der Waals surface area contributed by atoms with Crippen molar-refractivity contribution in [3.05, 3.63) is 23.0 Å². The molecule has 18 heavy (non-hydrogen) atoms. The third kappa shape index (κ3) is 2.75. The molecule has 0 radical (unpaired) electrons. The van der Waals surface area contributed by atoms with E-state index in [0.29, 0.717) is 5.56 Å². The molecular formula is C14H22N2O2. The normalized spacial score (nSPS) is 17.0. The molecule has 1 aromatic heterocycles. The van der Waals surface area contributed by atoms with Gasteiger partial charge in [0.05, 0.1) is 5.56 Å². The molecule has 0 unspecified atom stereocenters. The standard InChI is InChI=1S/C14H22N2O2/c1-11-10-13(14(17)18)12(2)16(11)9-8-15-6-4-3-5-7-15/h10H,3-9H2,1-2H3,(H,17,18). The van der Waals surface area contributed by atoms with E-state index in [1.807, 2.05) is 13.8 Å². The van der Waals surface area contributed by atoms with Crippen LogP contribution in [0.5, 0.6) is 0 Å². The van der Waals surface area contributed by atoms with Crippen molar-refractivity contribution in [3.8, 4) is 0 Å². The quantitative estimate of drug-likeness (QED) is 0.891. The number of rotatable bonds is 4. The van der Waals surface area contributed by atoms with Gasteiger partial charge < -0.3 is 14.6 Å². The first-order valence-electron chi connectivity index (χ1n) is 6.72. The highest BCUT2D eigenvalue weighted by atomic mass is 16.4. The van der Waals surface area contributed by atoms with Crippen LogP contribution in [0.2, 0.25) is 0 Å². The molecule has 1 aliphatic rings. The summed E-state index contributed by atoms with van der Waals surface area (Å²) in [7, 11) is 0. The van der Waals surface area contributed by atoms with Gasteiger partial charge >= 0.3 is 5.97 Å². The molecule has 1 aromatic rings. The fraction of sp³-hybridized carbons (Fsp3) is 0.643. The third-order valence-corrected chi connectivity index (χ3v) is 3.89. The first-order chi connectivity index (χ1) is 8.59. The number of likely N-dealkylation sites (tertiary alicyclic amines) is 1. The Morgan fingerprint density at radius 2 is 1.89 bits per heavy atom. The fourth-order valence-electron chi connectivity index (χ4n) is 2.79. The highest BCUT2D eigenvalue weighted by Crippen LogP contribution is 2.16. The van der Waals surface area contributed by atoms with Crippen LogP contribution in [0.25, 0.3) is 0 Å². The Morgan fingerprint density at radius 1 is 1.22 bits per heavy atom. The summed E-state index contributed by atoms with van der Waals surface area (Å²) in [5.74, 6) is -0.827. The van der Waals surface area contributed by atoms with E-state index >= 15 is 0 Å². The Balaban J connectivity index is 2.02. The van der Waals surface area contributed by atoms with Gasteiger partial charge in [-0.25, -0.2) is 4.79 Å². The van der Waals surface area contributed by atoms with Crippen molar-refractivity contribution in [1.82, 2.24) is 9.47 Å². The second kappa shape index (κ2) is 5.57. The number of carboxylic acids is 1. The topological polar surface area (TPSA) is 45.5 Å². The number of aromatic nitrogens is 1. The Kier molecular flexibility index (Phi) is 4.07. The molecule has 4 nitrogen and oxygen atoms in total. The lowest BCUT2D eigenvalue weighted by Gasteiger charge is -2.27. The second-order valence-corrected chi connectivity index (χ2v) is 5.14. The third-order valence-electron chi connectivity index (χ3n) is 3.89. The molecule has 1 fully saturated rings. The van der Waals surface area contributed by atoms with Crippen LogP contribution in [0.15, 0.2) is 6.07 Å². The van der Waals surface area contributed by atoms with Crippen LogP contribution >= 0.6 is 0 Å². The maximum atomic E-state index is 11.1. The van der Waals surface area contributed by atoms with E-state index in [1.165, 1.54) is 32.4 Å². The maximum absolute atomic E-state index is 11.1. The predicted octanol–water partition coefficient (Wildman–Crippen LogP) is 2.29. The lowest BCUT2D eigenvalue weighted by Crippen LogP contribution is -2.32. The van der Waals surface area contributed by atoms with Gasteiger partial charge in [-0.3, -0.25) is 0 Å². The van der Waals surface area contributed by atoms with Crippen molar-refractivity contribution in [2.75, 3.05) is 19.6 Å². The van der Waals surface area contributed by atoms with E-state index in [9.17, 15) is 4.79 Å². The highest BCUT2D eigenvalue weighted by molar-refractivity contribution is 5.89. The molecule has 2 heterocycles. The SMILES string of the molecule is Cc1cc(C(=O)O)c(C)n1CCN1CCCCC1. The molecule has 0 bridgehead atoms. The van der Waals surface area contributed by atoms with Gasteiger partial charge in [-0.05, 0) is 45.8 Å². The van der Waals surface area contributed by atoms with Gasteiger partial charge in [0.25, 0.3) is 0 Å². The number of carbonyl (C=O) groups is 1. The van der Waals surface area contributed by atoms with E-state index in [2.05, 4.69) is 9.47 Å². The van der Waals surface area contributed by atoms with Crippen LogP contribution in [0.4, 0.5) is 0 Å². The number of hydrogen-bond donors (Lipinski definition) is 1. The van der Waals surface area contributed by atoms with Crippen molar-refractivity contribution in [3.63, 3.8) is 0 Å². The summed E-state index contributed by atoms with van der Waals surface area (Å²) in [5.41, 5.74) is 2.35. The maximum Gasteiger partial charge on any atom is 0.337 e. The van der Waals surface area contributed by atoms with Crippen LogP contribution in [-0.4, -0.2) is 40.2 Å². The number of aromatic carboxylic acids is 1. The average molecular weight is 250 g/mol. The monoisotopic (exact) mass is 250 g/mol. The Hall–Kier alpha value is -1.29. The van der Waals surface area contributed by atoms with Crippen LogP contribution in [0.1, 0.15) is 41.0 Å². The zero-order valence-corrected chi connectivity index (χ0v) is 11.3. The minimum Gasteiger partial charge on any atom is -0.478 e. The average Bonchev–Trinajstić information content (AvgIpc) is 2.64. The van der Waals surface area contributed by atoms with Crippen molar-refractivity contribution in [1.29, 1.82) is 0 Å². The minimum absolute atomic E-state index is 0.436. The van der Waals surface area contributed by atoms with Crippen LogP contribution in [0.3, 0.4) is 0 Å². The smallest absolute Gasteiger partial charge is 0.337 e. The molecule has 0 spiro atoms. The number of aryl methyl sites for hydroxylation is 1. The number of carboxylic acid groups (broad SMARTS) is 1. The Morgan fingerprint density at radius 3 is 2.44 bits per heavy atom. The van der Waals surface area contributed by atoms with E-state index < -0.39 is 5.97 Å². The van der Waals surface area contributed by atoms with E-state index in [0.717, 1.165) is 24.5 Å². The molecule has 0 saturated carbocycles. The summed E-state index contributed by atoms with van der Waals surface area (Å²) in [6, 6.07) is 1.77. The van der Waals surface area contributed by atoms with Gasteiger partial charge in [0, 0.05) is 24.5 Å². The van der Waals surface area contributed by atoms with Crippen molar-refractivity contribution >= 4 is 5.97 Å². The molecule has 1 saturated heterocycles. The number of nitrogens with zero attached hydrogens (tertiary/aromatic N) is 2. The summed E-state index contributed by atoms with van der Waals surface area (Å²) >= 11 is 0. The van der Waals surface area contributed by atoms with Crippen molar-refractivity contribution in [2.45, 2.75) is 39.7 Å². The molecule has 4 heteroatoms. The molecule has 0 amide bonds. The Bertz CT molecular complexity index is 431. The molecule has 1 N–H and O–H groups in total. The summed E-state index contributed by atoms with van der Waals surface area (Å²) in [6.45, 7) is 8.17. The van der Waals surface area contributed by atoms with Gasteiger partial charge in [0.15, 0.2) is 0 Å². The van der Waals surface area contributed by atoms with Crippen molar-refractivity contribution in [2.24, 2.45) is 0 Å². The van der Waals surface area contributed by atoms with E-state index in [-0.39, 0.29) is 0 Å². The number of hydrogen-bond acceptors (Lipinski definition) is 2.